The fourth-order valence-electron chi connectivity index (χ4n) is 0.775. The third kappa shape index (κ3) is 2.76. The van der Waals surface area contributed by atoms with E-state index in [4.69, 9.17) is 5.11 Å². The van der Waals surface area contributed by atoms with Crippen molar-refractivity contribution in [2.45, 2.75) is 6.42 Å². The predicted octanol–water partition coefficient (Wildman–Crippen LogP) is 2.02. The van der Waals surface area contributed by atoms with E-state index in [0.717, 1.165) is 10.9 Å². The van der Waals surface area contributed by atoms with Crippen LogP contribution in [0.1, 0.15) is 6.42 Å². The number of hydrogen-bond acceptors (Lipinski definition) is 1. The molecule has 0 fully saturated rings. The monoisotopic (exact) mass is 216 g/mol. The zero-order valence-electron chi connectivity index (χ0n) is 5.67. The van der Waals surface area contributed by atoms with Crippen LogP contribution in [0.15, 0.2) is 22.3 Å². The number of amides is 1. The van der Waals surface area contributed by atoms with E-state index in [1.807, 2.05) is 6.08 Å². The number of hydrogen-bond donors (Lipinski definition) is 2. The van der Waals surface area contributed by atoms with Crippen LogP contribution in [0.4, 0.5) is 4.79 Å². The molecule has 11 heavy (non-hydrogen) atoms. The fourth-order valence-corrected chi connectivity index (χ4v) is 1.21. The highest BCUT2D eigenvalue weighted by atomic mass is 79.9. The van der Waals surface area contributed by atoms with Gasteiger partial charge in [0.25, 0.3) is 0 Å². The number of rotatable bonds is 1. The first-order chi connectivity index (χ1) is 5.18. The Morgan fingerprint density at radius 1 is 1.73 bits per heavy atom. The summed E-state index contributed by atoms with van der Waals surface area (Å²) in [6, 6.07) is 0. The van der Waals surface area contributed by atoms with Gasteiger partial charge in [0.15, 0.2) is 0 Å². The minimum absolute atomic E-state index is 0.617. The van der Waals surface area contributed by atoms with Gasteiger partial charge in [-0.15, -0.1) is 0 Å². The Hall–Kier alpha value is -0.770. The summed E-state index contributed by atoms with van der Waals surface area (Å²) in [7, 11) is 0. The van der Waals surface area contributed by atoms with Crippen LogP contribution < -0.4 is 5.32 Å². The first-order valence-corrected chi connectivity index (χ1v) is 3.88. The number of carbonyl (C=O) groups is 1. The number of nitrogens with one attached hydrogen (secondary N) is 1. The molecule has 0 saturated heterocycles. The van der Waals surface area contributed by atoms with Gasteiger partial charge in [0.05, 0.1) is 0 Å². The van der Waals surface area contributed by atoms with Crippen molar-refractivity contribution in [3.8, 4) is 0 Å². The molecule has 2 N–H and O–H groups in total. The van der Waals surface area contributed by atoms with Crippen molar-refractivity contribution in [1.29, 1.82) is 0 Å². The van der Waals surface area contributed by atoms with Crippen LogP contribution >= 0.6 is 15.9 Å². The molecule has 0 aromatic heterocycles. The summed E-state index contributed by atoms with van der Waals surface area (Å²) in [6.45, 7) is 0. The van der Waals surface area contributed by atoms with Crippen molar-refractivity contribution in [2.24, 2.45) is 0 Å². The Balaban J connectivity index is 2.58. The molecule has 1 rings (SSSR count). The van der Waals surface area contributed by atoms with Crippen molar-refractivity contribution in [2.75, 3.05) is 0 Å². The standard InChI is InChI=1S/C7H7BrNO2/c8-5-2-1-3-6(4-5)9-7(10)11/h2-4,9H,1H2,(H,10,11). The third-order valence-corrected chi connectivity index (χ3v) is 1.75. The van der Waals surface area contributed by atoms with E-state index in [9.17, 15) is 4.79 Å². The van der Waals surface area contributed by atoms with Crippen molar-refractivity contribution in [3.05, 3.63) is 28.8 Å². The number of carboxylic acid groups (broad SMARTS) is 1. The zero-order valence-corrected chi connectivity index (χ0v) is 7.26. The molecule has 59 valence electrons. The van der Waals surface area contributed by atoms with Crippen LogP contribution in [0.5, 0.6) is 0 Å². The highest BCUT2D eigenvalue weighted by molar-refractivity contribution is 9.11. The lowest BCUT2D eigenvalue weighted by molar-refractivity contribution is 0.197. The van der Waals surface area contributed by atoms with Crippen molar-refractivity contribution in [3.63, 3.8) is 0 Å². The molecule has 3 nitrogen and oxygen atoms in total. The smallest absolute Gasteiger partial charge is 0.408 e. The molecule has 0 aromatic rings. The zero-order chi connectivity index (χ0) is 8.27. The molecule has 0 aromatic carbocycles. The molecule has 0 unspecified atom stereocenters. The minimum atomic E-state index is -1.03. The van der Waals surface area contributed by atoms with Crippen LogP contribution in [-0.4, -0.2) is 11.2 Å². The lowest BCUT2D eigenvalue weighted by Gasteiger charge is -2.08. The topological polar surface area (TPSA) is 49.3 Å². The molecule has 0 aliphatic heterocycles. The second kappa shape index (κ2) is 3.57. The SMILES string of the molecule is O=C(O)NC1=CC(Br)=CC[CH]1. The van der Waals surface area contributed by atoms with Gasteiger partial charge in [0.1, 0.15) is 0 Å². The maximum absolute atomic E-state index is 10.2. The van der Waals surface area contributed by atoms with Gasteiger partial charge in [-0.3, -0.25) is 5.32 Å². The normalized spacial score (nSPS) is 16.8. The van der Waals surface area contributed by atoms with Gasteiger partial charge in [-0.1, -0.05) is 22.0 Å². The van der Waals surface area contributed by atoms with Gasteiger partial charge in [-0.2, -0.15) is 0 Å². The van der Waals surface area contributed by atoms with Gasteiger partial charge >= 0.3 is 6.09 Å². The Labute approximate surface area is 72.9 Å². The van der Waals surface area contributed by atoms with Gasteiger partial charge in [-0.25, -0.2) is 4.79 Å². The Morgan fingerprint density at radius 2 is 2.45 bits per heavy atom. The summed E-state index contributed by atoms with van der Waals surface area (Å²) >= 11 is 3.25. The van der Waals surface area contributed by atoms with Crippen LogP contribution in [0.2, 0.25) is 0 Å². The van der Waals surface area contributed by atoms with Gasteiger partial charge < -0.3 is 5.11 Å². The molecular formula is C7H7BrNO2. The van der Waals surface area contributed by atoms with Gasteiger partial charge in [0.2, 0.25) is 0 Å². The van der Waals surface area contributed by atoms with Crippen molar-refractivity contribution < 1.29 is 9.90 Å². The highest BCUT2D eigenvalue weighted by Crippen LogP contribution is 2.18. The molecule has 0 atom stereocenters. The summed E-state index contributed by atoms with van der Waals surface area (Å²) in [4.78, 5) is 10.2. The molecular weight excluding hydrogens is 210 g/mol. The third-order valence-electron chi connectivity index (χ3n) is 1.20. The molecule has 0 bridgehead atoms. The van der Waals surface area contributed by atoms with Crippen molar-refractivity contribution in [1.82, 2.24) is 5.32 Å². The summed E-state index contributed by atoms with van der Waals surface area (Å²) in [5.41, 5.74) is 0.617. The fraction of sp³-hybridized carbons (Fsp3) is 0.143. The second-order valence-corrected chi connectivity index (χ2v) is 2.97. The quantitative estimate of drug-likeness (QED) is 0.705. The van der Waals surface area contributed by atoms with Crippen LogP contribution in [0, 0.1) is 6.42 Å². The van der Waals surface area contributed by atoms with E-state index in [0.29, 0.717) is 5.70 Å². The van der Waals surface area contributed by atoms with E-state index in [1.165, 1.54) is 0 Å². The molecule has 0 saturated carbocycles. The van der Waals surface area contributed by atoms with E-state index >= 15 is 0 Å². The molecule has 1 radical (unpaired) electrons. The number of halogens is 1. The summed E-state index contributed by atoms with van der Waals surface area (Å²) < 4.78 is 0.906. The lowest BCUT2D eigenvalue weighted by Crippen LogP contribution is -2.21. The molecule has 1 aliphatic rings. The van der Waals surface area contributed by atoms with Crippen LogP contribution in [0.25, 0.3) is 0 Å². The van der Waals surface area contributed by atoms with E-state index in [-0.39, 0.29) is 0 Å². The maximum atomic E-state index is 10.2. The Morgan fingerprint density at radius 3 is 3.00 bits per heavy atom. The summed E-state index contributed by atoms with van der Waals surface area (Å²) in [6.07, 6.45) is 5.20. The molecule has 1 amide bonds. The second-order valence-electron chi connectivity index (χ2n) is 2.06. The molecule has 4 heteroatoms. The first kappa shape index (κ1) is 8.33. The van der Waals surface area contributed by atoms with E-state index in [2.05, 4.69) is 21.2 Å². The maximum Gasteiger partial charge on any atom is 0.408 e. The highest BCUT2D eigenvalue weighted by Gasteiger charge is 2.05. The van der Waals surface area contributed by atoms with Crippen LogP contribution in [-0.2, 0) is 0 Å². The van der Waals surface area contributed by atoms with Crippen molar-refractivity contribution >= 4 is 22.0 Å². The largest absolute Gasteiger partial charge is 0.465 e. The van der Waals surface area contributed by atoms with E-state index < -0.39 is 6.09 Å². The Kier molecular flexibility index (Phi) is 2.70. The van der Waals surface area contributed by atoms with Crippen LogP contribution in [0.3, 0.4) is 0 Å². The van der Waals surface area contributed by atoms with Gasteiger partial charge in [-0.05, 0) is 12.5 Å². The summed E-state index contributed by atoms with van der Waals surface area (Å²) in [5, 5.41) is 10.6. The average Bonchev–Trinajstić information content (AvgIpc) is 1.85. The van der Waals surface area contributed by atoms with Gasteiger partial charge in [0, 0.05) is 16.6 Å². The first-order valence-electron chi connectivity index (χ1n) is 3.09. The Bertz CT molecular complexity index is 233. The average molecular weight is 217 g/mol. The molecule has 0 heterocycles. The number of allylic oxidation sites excluding steroid dienone is 4. The minimum Gasteiger partial charge on any atom is -0.465 e. The summed E-state index contributed by atoms with van der Waals surface area (Å²) in [5.74, 6) is 0. The lowest BCUT2D eigenvalue weighted by atomic mass is 10.1. The molecule has 0 spiro atoms. The molecule has 1 aliphatic carbocycles. The van der Waals surface area contributed by atoms with E-state index in [1.54, 1.807) is 12.5 Å². The predicted molar refractivity (Wildman–Crippen MR) is 45.2 cm³/mol.